The van der Waals surface area contributed by atoms with Gasteiger partial charge in [0.1, 0.15) is 11.5 Å². The molecule has 5 nitrogen and oxygen atoms in total. The molecule has 90 valence electrons. The van der Waals surface area contributed by atoms with Crippen molar-refractivity contribution in [1.82, 2.24) is 10.3 Å². The minimum absolute atomic E-state index is 0.0314. The van der Waals surface area contributed by atoms with Crippen molar-refractivity contribution in [2.24, 2.45) is 0 Å². The molecule has 2 rings (SSSR count). The Morgan fingerprint density at radius 3 is 2.59 bits per heavy atom. The highest BCUT2D eigenvalue weighted by molar-refractivity contribution is 5.92. The maximum absolute atomic E-state index is 11.8. The molecule has 0 aromatic carbocycles. The molecule has 0 unspecified atom stereocenters. The largest absolute Gasteiger partial charge is 0.348 e. The van der Waals surface area contributed by atoms with E-state index in [2.05, 4.69) is 10.3 Å². The summed E-state index contributed by atoms with van der Waals surface area (Å²) in [6.07, 6.45) is 2.41. The predicted molar refractivity (Wildman–Crippen MR) is 61.8 cm³/mol. The SMILES string of the molecule is O=C1CCC(NC(=O)c2cccc(=O)[nH]2)CC1. The smallest absolute Gasteiger partial charge is 0.268 e. The van der Waals surface area contributed by atoms with Crippen LogP contribution in [0.5, 0.6) is 0 Å². The van der Waals surface area contributed by atoms with Crippen molar-refractivity contribution in [3.63, 3.8) is 0 Å². The van der Waals surface area contributed by atoms with Crippen LogP contribution in [0, 0.1) is 0 Å². The Kier molecular flexibility index (Phi) is 3.37. The summed E-state index contributed by atoms with van der Waals surface area (Å²) in [7, 11) is 0. The standard InChI is InChI=1S/C12H14N2O3/c15-9-6-4-8(5-7-9)13-12(17)10-2-1-3-11(16)14-10/h1-3,8H,4-7H2,(H,13,17)(H,14,16). The molecule has 0 spiro atoms. The van der Waals surface area contributed by atoms with Gasteiger partial charge in [0.05, 0.1) is 0 Å². The van der Waals surface area contributed by atoms with Crippen LogP contribution >= 0.6 is 0 Å². The highest BCUT2D eigenvalue weighted by Gasteiger charge is 2.20. The Bertz CT molecular complexity index is 483. The van der Waals surface area contributed by atoms with Gasteiger partial charge in [-0.2, -0.15) is 0 Å². The Morgan fingerprint density at radius 1 is 1.24 bits per heavy atom. The van der Waals surface area contributed by atoms with Gasteiger partial charge in [-0.05, 0) is 18.9 Å². The quantitative estimate of drug-likeness (QED) is 0.787. The third-order valence-electron chi connectivity index (χ3n) is 2.89. The lowest BCUT2D eigenvalue weighted by Crippen LogP contribution is -2.38. The van der Waals surface area contributed by atoms with Crippen molar-refractivity contribution in [3.05, 3.63) is 34.2 Å². The van der Waals surface area contributed by atoms with E-state index in [1.165, 1.54) is 12.1 Å². The number of aromatic nitrogens is 1. The van der Waals surface area contributed by atoms with E-state index in [1.54, 1.807) is 6.07 Å². The number of pyridine rings is 1. The summed E-state index contributed by atoms with van der Waals surface area (Å²) in [5, 5.41) is 2.82. The first-order valence-electron chi connectivity index (χ1n) is 5.67. The maximum Gasteiger partial charge on any atom is 0.268 e. The third kappa shape index (κ3) is 3.03. The molecule has 1 heterocycles. The summed E-state index contributed by atoms with van der Waals surface area (Å²) in [6, 6.07) is 4.49. The molecule has 0 atom stereocenters. The van der Waals surface area contributed by atoms with E-state index in [4.69, 9.17) is 0 Å². The molecule has 1 amide bonds. The molecular formula is C12H14N2O3. The van der Waals surface area contributed by atoms with Crippen LogP contribution in [0.15, 0.2) is 23.0 Å². The zero-order valence-corrected chi connectivity index (χ0v) is 9.36. The molecule has 1 aromatic heterocycles. The Morgan fingerprint density at radius 2 is 1.94 bits per heavy atom. The van der Waals surface area contributed by atoms with Crippen LogP contribution in [-0.2, 0) is 4.79 Å². The molecule has 1 saturated carbocycles. The first kappa shape index (κ1) is 11.6. The molecule has 0 bridgehead atoms. The number of carbonyl (C=O) groups is 2. The van der Waals surface area contributed by atoms with E-state index in [1.807, 2.05) is 0 Å². The Balaban J connectivity index is 1.97. The molecule has 0 aliphatic heterocycles. The number of H-pyrrole nitrogens is 1. The minimum atomic E-state index is -0.295. The number of hydrogen-bond acceptors (Lipinski definition) is 3. The van der Waals surface area contributed by atoms with Crippen molar-refractivity contribution >= 4 is 11.7 Å². The number of hydrogen-bond donors (Lipinski definition) is 2. The number of aromatic amines is 1. The lowest BCUT2D eigenvalue weighted by Gasteiger charge is -2.21. The normalized spacial score (nSPS) is 16.8. The van der Waals surface area contributed by atoms with Crippen LogP contribution in [0.1, 0.15) is 36.2 Å². The van der Waals surface area contributed by atoms with Crippen molar-refractivity contribution in [3.8, 4) is 0 Å². The lowest BCUT2D eigenvalue weighted by molar-refractivity contribution is -0.120. The molecule has 17 heavy (non-hydrogen) atoms. The number of rotatable bonds is 2. The van der Waals surface area contributed by atoms with Crippen molar-refractivity contribution < 1.29 is 9.59 Å². The fourth-order valence-electron chi connectivity index (χ4n) is 1.93. The van der Waals surface area contributed by atoms with Crippen LogP contribution in [-0.4, -0.2) is 22.7 Å². The molecule has 1 fully saturated rings. The van der Waals surface area contributed by atoms with Gasteiger partial charge in [0.25, 0.3) is 5.91 Å². The van der Waals surface area contributed by atoms with Gasteiger partial charge in [-0.15, -0.1) is 0 Å². The number of ketones is 1. The maximum atomic E-state index is 11.8. The summed E-state index contributed by atoms with van der Waals surface area (Å²) in [5.74, 6) is -0.0364. The second kappa shape index (κ2) is 4.95. The molecule has 2 N–H and O–H groups in total. The first-order chi connectivity index (χ1) is 8.15. The van der Waals surface area contributed by atoms with Crippen molar-refractivity contribution in [1.29, 1.82) is 0 Å². The van der Waals surface area contributed by atoms with Crippen LogP contribution < -0.4 is 10.9 Å². The molecular weight excluding hydrogens is 220 g/mol. The van der Waals surface area contributed by atoms with Crippen LogP contribution in [0.25, 0.3) is 0 Å². The second-order valence-corrected chi connectivity index (χ2v) is 4.22. The molecule has 0 radical (unpaired) electrons. The molecule has 5 heteroatoms. The highest BCUT2D eigenvalue weighted by Crippen LogP contribution is 2.14. The van der Waals surface area contributed by atoms with Gasteiger partial charge in [-0.3, -0.25) is 14.4 Å². The highest BCUT2D eigenvalue weighted by atomic mass is 16.2. The summed E-state index contributed by atoms with van der Waals surface area (Å²) >= 11 is 0. The van der Waals surface area contributed by atoms with Gasteiger partial charge in [0, 0.05) is 24.9 Å². The van der Waals surface area contributed by atoms with E-state index in [-0.39, 0.29) is 29.0 Å². The van der Waals surface area contributed by atoms with E-state index < -0.39 is 0 Å². The summed E-state index contributed by atoms with van der Waals surface area (Å²) < 4.78 is 0. The van der Waals surface area contributed by atoms with E-state index in [0.717, 1.165) is 0 Å². The summed E-state index contributed by atoms with van der Waals surface area (Å²) in [4.78, 5) is 36.3. The van der Waals surface area contributed by atoms with Crippen molar-refractivity contribution in [2.75, 3.05) is 0 Å². The van der Waals surface area contributed by atoms with E-state index in [9.17, 15) is 14.4 Å². The average molecular weight is 234 g/mol. The van der Waals surface area contributed by atoms with E-state index >= 15 is 0 Å². The van der Waals surface area contributed by atoms with E-state index in [0.29, 0.717) is 25.7 Å². The molecule has 1 aliphatic carbocycles. The van der Waals surface area contributed by atoms with Gasteiger partial charge >= 0.3 is 0 Å². The lowest BCUT2D eigenvalue weighted by atomic mass is 9.94. The van der Waals surface area contributed by atoms with Crippen LogP contribution in [0.2, 0.25) is 0 Å². The Labute approximate surface area is 98.2 Å². The predicted octanol–water partition coefficient (Wildman–Crippen LogP) is 0.616. The average Bonchev–Trinajstić information content (AvgIpc) is 2.32. The van der Waals surface area contributed by atoms with Crippen molar-refractivity contribution in [2.45, 2.75) is 31.7 Å². The fourth-order valence-corrected chi connectivity index (χ4v) is 1.93. The second-order valence-electron chi connectivity index (χ2n) is 4.22. The molecule has 0 saturated heterocycles. The van der Waals surface area contributed by atoms with Gasteiger partial charge in [0.15, 0.2) is 0 Å². The molecule has 1 aliphatic rings. The van der Waals surface area contributed by atoms with Crippen LogP contribution in [0.4, 0.5) is 0 Å². The fraction of sp³-hybridized carbons (Fsp3) is 0.417. The number of amides is 1. The zero-order valence-electron chi connectivity index (χ0n) is 9.36. The third-order valence-corrected chi connectivity index (χ3v) is 2.89. The number of nitrogens with one attached hydrogen (secondary N) is 2. The monoisotopic (exact) mass is 234 g/mol. The minimum Gasteiger partial charge on any atom is -0.348 e. The number of Topliss-reactive ketones (excluding diaryl/α,β-unsaturated/α-hetero) is 1. The van der Waals surface area contributed by atoms with Gasteiger partial charge in [-0.1, -0.05) is 6.07 Å². The topological polar surface area (TPSA) is 79.0 Å². The Hall–Kier alpha value is -1.91. The van der Waals surface area contributed by atoms with Gasteiger partial charge in [-0.25, -0.2) is 0 Å². The van der Waals surface area contributed by atoms with Gasteiger partial charge < -0.3 is 10.3 Å². The number of carbonyl (C=O) groups excluding carboxylic acids is 2. The summed E-state index contributed by atoms with van der Waals surface area (Å²) in [6.45, 7) is 0. The molecule has 1 aromatic rings. The van der Waals surface area contributed by atoms with Crippen LogP contribution in [0.3, 0.4) is 0 Å². The zero-order chi connectivity index (χ0) is 12.3. The van der Waals surface area contributed by atoms with Gasteiger partial charge in [0.2, 0.25) is 5.56 Å². The summed E-state index contributed by atoms with van der Waals surface area (Å²) in [5.41, 5.74) is -0.0362. The first-order valence-corrected chi connectivity index (χ1v) is 5.67.